The Morgan fingerprint density at radius 1 is 1.24 bits per heavy atom. The Hall–Kier alpha value is -0.430. The van der Waals surface area contributed by atoms with Gasteiger partial charge in [-0.15, -0.1) is 0 Å². The summed E-state index contributed by atoms with van der Waals surface area (Å²) in [6, 6.07) is 0. The van der Waals surface area contributed by atoms with Gasteiger partial charge in [0.25, 0.3) is 5.56 Å². The van der Waals surface area contributed by atoms with Crippen molar-refractivity contribution in [1.29, 1.82) is 0 Å². The van der Waals surface area contributed by atoms with Crippen LogP contribution in [-0.4, -0.2) is 17.1 Å². The second-order valence-corrected chi connectivity index (χ2v) is 6.62. The van der Waals surface area contributed by atoms with Crippen molar-refractivity contribution in [3.05, 3.63) is 25.4 Å². The quantitative estimate of drug-likeness (QED) is 0.834. The number of rotatable bonds is 2. The van der Waals surface area contributed by atoms with Crippen LogP contribution < -0.4 is 5.56 Å². The summed E-state index contributed by atoms with van der Waals surface area (Å²) in [5.74, 6) is 0.565. The van der Waals surface area contributed by atoms with E-state index in [-0.39, 0.29) is 11.0 Å². The van der Waals surface area contributed by atoms with E-state index < -0.39 is 5.60 Å². The van der Waals surface area contributed by atoms with E-state index in [1.807, 2.05) is 57.2 Å². The van der Waals surface area contributed by atoms with E-state index in [9.17, 15) is 4.79 Å². The highest BCUT2D eigenvalue weighted by Crippen LogP contribution is 2.26. The lowest BCUT2D eigenvalue weighted by atomic mass is 9.91. The molecule has 5 heteroatoms. The molecule has 0 saturated carbocycles. The molecule has 1 aromatic heterocycles. The number of hydrogen-bond acceptors (Lipinski definition) is 3. The number of aromatic amines is 1. The van der Waals surface area contributed by atoms with Gasteiger partial charge in [0, 0.05) is 12.5 Å². The summed E-state index contributed by atoms with van der Waals surface area (Å²) in [5.41, 5.74) is -0.0556. The molecule has 0 spiro atoms. The van der Waals surface area contributed by atoms with Crippen LogP contribution in [0.3, 0.4) is 0 Å². The van der Waals surface area contributed by atoms with Crippen LogP contribution in [0.25, 0.3) is 0 Å². The number of aromatic nitrogens is 2. The average Bonchev–Trinajstić information content (AvgIpc) is 2.19. The van der Waals surface area contributed by atoms with E-state index in [1.165, 1.54) is 0 Å². The van der Waals surface area contributed by atoms with E-state index in [1.54, 1.807) is 7.11 Å². The second-order valence-electron chi connectivity index (χ2n) is 5.54. The molecule has 17 heavy (non-hydrogen) atoms. The summed E-state index contributed by atoms with van der Waals surface area (Å²) in [5, 5.41) is 0. The third-order valence-corrected chi connectivity index (χ3v) is 3.65. The van der Waals surface area contributed by atoms with Gasteiger partial charge in [0.2, 0.25) is 0 Å². The standard InChI is InChI=1S/C12H19IN2O2/c1-11(2,3)8-7(13)9(16)15-10(14-8)12(4,5)17-6/h1-6H3,(H,14,15,16). The third-order valence-electron chi connectivity index (χ3n) is 2.65. The highest BCUT2D eigenvalue weighted by atomic mass is 127. The molecule has 96 valence electrons. The summed E-state index contributed by atoms with van der Waals surface area (Å²) < 4.78 is 6.00. The van der Waals surface area contributed by atoms with Gasteiger partial charge < -0.3 is 9.72 Å². The number of H-pyrrole nitrogens is 1. The Kier molecular flexibility index (Phi) is 4.03. The summed E-state index contributed by atoms with van der Waals surface area (Å²) in [7, 11) is 1.61. The number of halogens is 1. The molecule has 1 aromatic rings. The highest BCUT2D eigenvalue weighted by molar-refractivity contribution is 14.1. The van der Waals surface area contributed by atoms with Crippen molar-refractivity contribution in [2.45, 2.75) is 45.6 Å². The Morgan fingerprint density at radius 2 is 1.76 bits per heavy atom. The first-order chi connectivity index (χ1) is 7.59. The van der Waals surface area contributed by atoms with E-state index in [2.05, 4.69) is 9.97 Å². The maximum atomic E-state index is 11.9. The summed E-state index contributed by atoms with van der Waals surface area (Å²) >= 11 is 2.04. The van der Waals surface area contributed by atoms with Gasteiger partial charge >= 0.3 is 0 Å². The molecule has 1 heterocycles. The van der Waals surface area contributed by atoms with E-state index in [0.29, 0.717) is 9.39 Å². The smallest absolute Gasteiger partial charge is 0.264 e. The molecule has 0 aliphatic rings. The molecule has 0 aliphatic carbocycles. The monoisotopic (exact) mass is 350 g/mol. The van der Waals surface area contributed by atoms with Crippen LogP contribution in [0.5, 0.6) is 0 Å². The van der Waals surface area contributed by atoms with Crippen LogP contribution in [0, 0.1) is 3.57 Å². The van der Waals surface area contributed by atoms with Gasteiger partial charge in [-0.2, -0.15) is 0 Å². The molecule has 0 saturated heterocycles. The molecule has 0 amide bonds. The molecular weight excluding hydrogens is 331 g/mol. The molecule has 0 aromatic carbocycles. The van der Waals surface area contributed by atoms with Crippen molar-refractivity contribution in [2.75, 3.05) is 7.11 Å². The molecular formula is C12H19IN2O2. The lowest BCUT2D eigenvalue weighted by molar-refractivity contribution is 0.0109. The fourth-order valence-electron chi connectivity index (χ4n) is 1.34. The summed E-state index contributed by atoms with van der Waals surface area (Å²) in [6.07, 6.45) is 0. The Morgan fingerprint density at radius 3 is 2.18 bits per heavy atom. The van der Waals surface area contributed by atoms with E-state index in [0.717, 1.165) is 5.69 Å². The van der Waals surface area contributed by atoms with Gasteiger partial charge in [0.1, 0.15) is 15.0 Å². The molecule has 1 N–H and O–H groups in total. The van der Waals surface area contributed by atoms with Crippen LogP contribution in [-0.2, 0) is 15.8 Å². The molecule has 4 nitrogen and oxygen atoms in total. The molecule has 1 rings (SSSR count). The van der Waals surface area contributed by atoms with Gasteiger partial charge in [-0.25, -0.2) is 4.98 Å². The lowest BCUT2D eigenvalue weighted by Gasteiger charge is -2.25. The van der Waals surface area contributed by atoms with Crippen molar-refractivity contribution in [3.63, 3.8) is 0 Å². The maximum Gasteiger partial charge on any atom is 0.264 e. The largest absolute Gasteiger partial charge is 0.371 e. The Bertz CT molecular complexity index is 472. The van der Waals surface area contributed by atoms with Crippen molar-refractivity contribution >= 4 is 22.6 Å². The number of methoxy groups -OCH3 is 1. The SMILES string of the molecule is COC(C)(C)c1nc(C(C)(C)C)c(I)c(=O)[nH]1. The molecule has 0 atom stereocenters. The molecule has 0 fully saturated rings. The van der Waals surface area contributed by atoms with Gasteiger partial charge in [-0.1, -0.05) is 20.8 Å². The zero-order valence-electron chi connectivity index (χ0n) is 11.1. The fourth-order valence-corrected chi connectivity index (χ4v) is 2.40. The maximum absolute atomic E-state index is 11.9. The topological polar surface area (TPSA) is 55.0 Å². The average molecular weight is 350 g/mol. The van der Waals surface area contributed by atoms with Gasteiger partial charge in [-0.05, 0) is 36.4 Å². The van der Waals surface area contributed by atoms with Crippen LogP contribution in [0.15, 0.2) is 4.79 Å². The summed E-state index contributed by atoms with van der Waals surface area (Å²) in [6.45, 7) is 9.89. The van der Waals surface area contributed by atoms with Crippen LogP contribution >= 0.6 is 22.6 Å². The van der Waals surface area contributed by atoms with Crippen molar-refractivity contribution in [2.24, 2.45) is 0 Å². The highest BCUT2D eigenvalue weighted by Gasteiger charge is 2.28. The van der Waals surface area contributed by atoms with Crippen molar-refractivity contribution in [3.8, 4) is 0 Å². The van der Waals surface area contributed by atoms with Gasteiger partial charge in [0.15, 0.2) is 0 Å². The number of nitrogens with zero attached hydrogens (tertiary/aromatic N) is 1. The zero-order chi connectivity index (χ0) is 13.4. The predicted molar refractivity (Wildman–Crippen MR) is 76.3 cm³/mol. The minimum Gasteiger partial charge on any atom is -0.371 e. The second kappa shape index (κ2) is 4.68. The minimum absolute atomic E-state index is 0.106. The Labute approximate surface area is 115 Å². The molecule has 0 bridgehead atoms. The normalized spacial score (nSPS) is 12.9. The van der Waals surface area contributed by atoms with Crippen LogP contribution in [0.1, 0.15) is 46.1 Å². The lowest BCUT2D eigenvalue weighted by Crippen LogP contribution is -2.32. The first-order valence-electron chi connectivity index (χ1n) is 5.45. The van der Waals surface area contributed by atoms with E-state index in [4.69, 9.17) is 4.74 Å². The Balaban J connectivity index is 3.51. The molecule has 0 aliphatic heterocycles. The van der Waals surface area contributed by atoms with E-state index >= 15 is 0 Å². The van der Waals surface area contributed by atoms with Crippen LogP contribution in [0.4, 0.5) is 0 Å². The number of nitrogens with one attached hydrogen (secondary N) is 1. The number of hydrogen-bond donors (Lipinski definition) is 1. The minimum atomic E-state index is -0.594. The van der Waals surface area contributed by atoms with Gasteiger partial charge in [-0.3, -0.25) is 4.79 Å². The summed E-state index contributed by atoms with van der Waals surface area (Å²) in [4.78, 5) is 19.3. The third kappa shape index (κ3) is 3.07. The molecule has 0 radical (unpaired) electrons. The first-order valence-corrected chi connectivity index (χ1v) is 6.53. The van der Waals surface area contributed by atoms with Crippen molar-refractivity contribution < 1.29 is 4.74 Å². The molecule has 0 unspecified atom stereocenters. The van der Waals surface area contributed by atoms with Gasteiger partial charge in [0.05, 0.1) is 5.69 Å². The fraction of sp³-hybridized carbons (Fsp3) is 0.667. The first kappa shape index (κ1) is 14.6. The van der Waals surface area contributed by atoms with Crippen LogP contribution in [0.2, 0.25) is 0 Å². The van der Waals surface area contributed by atoms with Crippen molar-refractivity contribution in [1.82, 2.24) is 9.97 Å². The zero-order valence-corrected chi connectivity index (χ0v) is 13.3. The number of ether oxygens (including phenoxy) is 1. The predicted octanol–water partition coefficient (Wildman–Crippen LogP) is 2.55.